The maximum atomic E-state index is 10.3. The van der Waals surface area contributed by atoms with Crippen LogP contribution in [0.5, 0.6) is 0 Å². The Bertz CT molecular complexity index is 105. The van der Waals surface area contributed by atoms with Gasteiger partial charge in [-0.05, 0) is 6.92 Å². The molecule has 0 aromatic heterocycles. The molecule has 0 radical (unpaired) electrons. The summed E-state index contributed by atoms with van der Waals surface area (Å²) in [6.45, 7) is 4.76. The second kappa shape index (κ2) is 2.82. The van der Waals surface area contributed by atoms with E-state index >= 15 is 0 Å². The number of amides is 1. The van der Waals surface area contributed by atoms with E-state index in [1.807, 2.05) is 11.8 Å². The van der Waals surface area contributed by atoms with Gasteiger partial charge in [0, 0.05) is 25.7 Å². The summed E-state index contributed by atoms with van der Waals surface area (Å²) in [5, 5.41) is 3.20. The summed E-state index contributed by atoms with van der Waals surface area (Å²) in [6, 6.07) is 0.372. The van der Waals surface area contributed by atoms with Gasteiger partial charge in [0.05, 0.1) is 0 Å². The lowest BCUT2D eigenvalue weighted by Gasteiger charge is -2.30. The van der Waals surface area contributed by atoms with Crippen LogP contribution in [0.3, 0.4) is 0 Å². The summed E-state index contributed by atoms with van der Waals surface area (Å²) in [5.74, 6) is 0. The third-order valence-corrected chi connectivity index (χ3v) is 1.69. The summed E-state index contributed by atoms with van der Waals surface area (Å²) in [7, 11) is 0. The summed E-state index contributed by atoms with van der Waals surface area (Å²) < 4.78 is 0. The molecule has 1 atom stereocenters. The number of nitrogens with one attached hydrogen (secondary N) is 1. The van der Waals surface area contributed by atoms with Gasteiger partial charge in [0.15, 0.2) is 0 Å². The largest absolute Gasteiger partial charge is 0.340 e. The van der Waals surface area contributed by atoms with Crippen molar-refractivity contribution < 1.29 is 4.79 Å². The fourth-order valence-corrected chi connectivity index (χ4v) is 1.01. The summed E-state index contributed by atoms with van der Waals surface area (Å²) in [4.78, 5) is 12.1. The lowest BCUT2D eigenvalue weighted by molar-refractivity contribution is -0.120. The van der Waals surface area contributed by atoms with E-state index < -0.39 is 0 Å². The standard InChI is InChI=1S/C6H12N2O/c1-6-4-7-2-3-8(6)5-9/h5-7H,2-4H2,1H3/t6-/m0/s1. The van der Waals surface area contributed by atoms with Crippen LogP contribution in [0.1, 0.15) is 6.92 Å². The molecule has 0 aromatic carbocycles. The normalized spacial score (nSPS) is 28.1. The highest BCUT2D eigenvalue weighted by atomic mass is 16.1. The van der Waals surface area contributed by atoms with Crippen LogP contribution < -0.4 is 5.32 Å². The van der Waals surface area contributed by atoms with Crippen LogP contribution in [0, 0.1) is 0 Å². The van der Waals surface area contributed by atoms with E-state index in [1.54, 1.807) is 0 Å². The molecule has 1 rings (SSSR count). The molecule has 0 aliphatic carbocycles. The molecule has 0 aromatic rings. The Hall–Kier alpha value is -0.570. The monoisotopic (exact) mass is 128 g/mol. The molecule has 9 heavy (non-hydrogen) atoms. The third-order valence-electron chi connectivity index (χ3n) is 1.69. The van der Waals surface area contributed by atoms with Crippen molar-refractivity contribution in [3.63, 3.8) is 0 Å². The van der Waals surface area contributed by atoms with Crippen molar-refractivity contribution in [2.45, 2.75) is 13.0 Å². The molecular weight excluding hydrogens is 116 g/mol. The minimum Gasteiger partial charge on any atom is -0.340 e. The predicted molar refractivity (Wildman–Crippen MR) is 35.1 cm³/mol. The van der Waals surface area contributed by atoms with Gasteiger partial charge in [0.25, 0.3) is 0 Å². The quantitative estimate of drug-likeness (QED) is 0.480. The van der Waals surface area contributed by atoms with Gasteiger partial charge in [-0.3, -0.25) is 4.79 Å². The zero-order valence-electron chi connectivity index (χ0n) is 5.63. The molecule has 3 nitrogen and oxygen atoms in total. The molecule has 1 aliphatic rings. The molecule has 52 valence electrons. The first-order valence-electron chi connectivity index (χ1n) is 3.26. The molecule has 1 heterocycles. The first kappa shape index (κ1) is 6.55. The molecule has 0 bridgehead atoms. The smallest absolute Gasteiger partial charge is 0.210 e. The van der Waals surface area contributed by atoms with Gasteiger partial charge >= 0.3 is 0 Å². The first-order chi connectivity index (χ1) is 4.34. The fourth-order valence-electron chi connectivity index (χ4n) is 1.01. The Morgan fingerprint density at radius 3 is 3.00 bits per heavy atom. The highest BCUT2D eigenvalue weighted by molar-refractivity contribution is 5.47. The summed E-state index contributed by atoms with van der Waals surface area (Å²) in [5.41, 5.74) is 0. The lowest BCUT2D eigenvalue weighted by atomic mass is 10.2. The van der Waals surface area contributed by atoms with Gasteiger partial charge in [-0.25, -0.2) is 0 Å². The van der Waals surface area contributed by atoms with E-state index in [0.29, 0.717) is 6.04 Å². The Kier molecular flexibility index (Phi) is 2.05. The lowest BCUT2D eigenvalue weighted by Crippen LogP contribution is -2.48. The van der Waals surface area contributed by atoms with Crippen molar-refractivity contribution in [2.24, 2.45) is 0 Å². The number of hydrogen-bond donors (Lipinski definition) is 1. The molecule has 1 fully saturated rings. The van der Waals surface area contributed by atoms with Gasteiger partial charge in [0.2, 0.25) is 6.41 Å². The van der Waals surface area contributed by atoms with Crippen molar-refractivity contribution in [3.05, 3.63) is 0 Å². The second-order valence-corrected chi connectivity index (χ2v) is 2.40. The van der Waals surface area contributed by atoms with Gasteiger partial charge in [-0.15, -0.1) is 0 Å². The average molecular weight is 128 g/mol. The molecule has 0 saturated carbocycles. The fraction of sp³-hybridized carbons (Fsp3) is 0.833. The van der Waals surface area contributed by atoms with E-state index in [0.717, 1.165) is 26.0 Å². The van der Waals surface area contributed by atoms with Crippen molar-refractivity contribution in [3.8, 4) is 0 Å². The molecule has 0 spiro atoms. The maximum Gasteiger partial charge on any atom is 0.210 e. The van der Waals surface area contributed by atoms with Crippen LogP contribution in [-0.2, 0) is 4.79 Å². The molecule has 1 amide bonds. The van der Waals surface area contributed by atoms with Crippen molar-refractivity contribution in [2.75, 3.05) is 19.6 Å². The van der Waals surface area contributed by atoms with Crippen molar-refractivity contribution >= 4 is 6.41 Å². The Balaban J connectivity index is 2.38. The van der Waals surface area contributed by atoms with Crippen LogP contribution in [0.25, 0.3) is 0 Å². The minimum absolute atomic E-state index is 0.372. The predicted octanol–water partition coefficient (Wildman–Crippen LogP) is -0.563. The van der Waals surface area contributed by atoms with Crippen molar-refractivity contribution in [1.29, 1.82) is 0 Å². The zero-order valence-corrected chi connectivity index (χ0v) is 5.63. The highest BCUT2D eigenvalue weighted by Gasteiger charge is 2.14. The molecule has 1 N–H and O–H groups in total. The van der Waals surface area contributed by atoms with E-state index in [9.17, 15) is 4.79 Å². The Labute approximate surface area is 55.0 Å². The molecule has 3 heteroatoms. The van der Waals surface area contributed by atoms with E-state index in [4.69, 9.17) is 0 Å². The molecule has 0 unspecified atom stereocenters. The van der Waals surface area contributed by atoms with Gasteiger partial charge < -0.3 is 10.2 Å². The van der Waals surface area contributed by atoms with E-state index in [2.05, 4.69) is 5.32 Å². The van der Waals surface area contributed by atoms with Crippen LogP contribution in [0.2, 0.25) is 0 Å². The summed E-state index contributed by atoms with van der Waals surface area (Å²) >= 11 is 0. The second-order valence-electron chi connectivity index (χ2n) is 2.40. The van der Waals surface area contributed by atoms with E-state index in [1.165, 1.54) is 0 Å². The first-order valence-corrected chi connectivity index (χ1v) is 3.26. The van der Waals surface area contributed by atoms with E-state index in [-0.39, 0.29) is 0 Å². The van der Waals surface area contributed by atoms with Crippen LogP contribution in [-0.4, -0.2) is 37.0 Å². The minimum atomic E-state index is 0.372. The number of rotatable bonds is 1. The van der Waals surface area contributed by atoms with Crippen LogP contribution >= 0.6 is 0 Å². The average Bonchev–Trinajstić information content (AvgIpc) is 1.89. The SMILES string of the molecule is C[C@H]1CNCCN1C=O. The number of carbonyl (C=O) groups excluding carboxylic acids is 1. The topological polar surface area (TPSA) is 32.3 Å². The van der Waals surface area contributed by atoms with Gasteiger partial charge in [-0.1, -0.05) is 0 Å². The van der Waals surface area contributed by atoms with Gasteiger partial charge in [-0.2, -0.15) is 0 Å². The number of carbonyl (C=O) groups is 1. The third kappa shape index (κ3) is 1.42. The summed E-state index contributed by atoms with van der Waals surface area (Å²) in [6.07, 6.45) is 0.922. The maximum absolute atomic E-state index is 10.3. The molecular formula is C6H12N2O. The number of nitrogens with zero attached hydrogens (tertiary/aromatic N) is 1. The zero-order chi connectivity index (χ0) is 6.69. The Morgan fingerprint density at radius 2 is 2.56 bits per heavy atom. The molecule has 1 aliphatic heterocycles. The molecule has 1 saturated heterocycles. The van der Waals surface area contributed by atoms with Gasteiger partial charge in [0.1, 0.15) is 0 Å². The van der Waals surface area contributed by atoms with Crippen LogP contribution in [0.15, 0.2) is 0 Å². The highest BCUT2D eigenvalue weighted by Crippen LogP contribution is 1.96. The van der Waals surface area contributed by atoms with Crippen LogP contribution in [0.4, 0.5) is 0 Å². The van der Waals surface area contributed by atoms with Crippen molar-refractivity contribution in [1.82, 2.24) is 10.2 Å². The number of hydrogen-bond acceptors (Lipinski definition) is 2. The Morgan fingerprint density at radius 1 is 1.78 bits per heavy atom. The number of piperazine rings is 1.